The van der Waals surface area contributed by atoms with Crippen molar-refractivity contribution >= 4 is 11.8 Å². The number of carbonyl (C=O) groups is 2. The Morgan fingerprint density at radius 2 is 1.76 bits per heavy atom. The maximum atomic E-state index is 12.6. The summed E-state index contributed by atoms with van der Waals surface area (Å²) in [5.41, 5.74) is 1.20. The normalized spacial score (nSPS) is 11.6. The summed E-state index contributed by atoms with van der Waals surface area (Å²) in [6, 6.07) is 16.0. The molecule has 3 aromatic rings. The zero-order valence-corrected chi connectivity index (χ0v) is 16.5. The SMILES string of the molecule is CCOc1ccc(C(=O)[C@H](C)OC(=O)c2nn(-c3ccccc3)cc2OC)cc1. The number of methoxy groups -OCH3 is 1. The highest BCUT2D eigenvalue weighted by Crippen LogP contribution is 2.21. The molecule has 29 heavy (non-hydrogen) atoms. The van der Waals surface area contributed by atoms with Gasteiger partial charge in [0.05, 0.1) is 25.6 Å². The van der Waals surface area contributed by atoms with Crippen LogP contribution in [-0.2, 0) is 4.74 Å². The quantitative estimate of drug-likeness (QED) is 0.428. The molecule has 0 fully saturated rings. The van der Waals surface area contributed by atoms with Crippen molar-refractivity contribution in [2.75, 3.05) is 13.7 Å². The first-order valence-electron chi connectivity index (χ1n) is 9.20. The molecule has 0 N–H and O–H groups in total. The Balaban J connectivity index is 1.73. The summed E-state index contributed by atoms with van der Waals surface area (Å²) >= 11 is 0. The summed E-state index contributed by atoms with van der Waals surface area (Å²) in [7, 11) is 1.44. The van der Waals surface area contributed by atoms with Gasteiger partial charge >= 0.3 is 5.97 Å². The van der Waals surface area contributed by atoms with Crippen molar-refractivity contribution < 1.29 is 23.8 Å². The number of hydrogen-bond donors (Lipinski definition) is 0. The van der Waals surface area contributed by atoms with E-state index in [1.165, 1.54) is 18.7 Å². The highest BCUT2D eigenvalue weighted by Gasteiger charge is 2.25. The second-order valence-corrected chi connectivity index (χ2v) is 6.20. The van der Waals surface area contributed by atoms with E-state index in [1.54, 1.807) is 30.5 Å². The summed E-state index contributed by atoms with van der Waals surface area (Å²) < 4.78 is 17.5. The summed E-state index contributed by atoms with van der Waals surface area (Å²) in [5.74, 6) is -0.115. The maximum absolute atomic E-state index is 12.6. The molecule has 0 amide bonds. The van der Waals surface area contributed by atoms with Crippen molar-refractivity contribution in [3.8, 4) is 17.2 Å². The van der Waals surface area contributed by atoms with E-state index in [1.807, 2.05) is 37.3 Å². The highest BCUT2D eigenvalue weighted by molar-refractivity contribution is 6.01. The molecule has 150 valence electrons. The fraction of sp³-hybridized carbons (Fsp3) is 0.227. The molecular weight excluding hydrogens is 372 g/mol. The van der Waals surface area contributed by atoms with Crippen LogP contribution >= 0.6 is 0 Å². The lowest BCUT2D eigenvalue weighted by Crippen LogP contribution is -2.25. The first-order chi connectivity index (χ1) is 14.0. The zero-order valence-electron chi connectivity index (χ0n) is 16.5. The number of Topliss-reactive ketones (excluding diaryl/α,β-unsaturated/α-hetero) is 1. The minimum absolute atomic E-state index is 0.00250. The molecule has 0 unspecified atom stereocenters. The van der Waals surface area contributed by atoms with E-state index in [-0.39, 0.29) is 17.2 Å². The van der Waals surface area contributed by atoms with Crippen LogP contribution in [0.4, 0.5) is 0 Å². The third-order valence-corrected chi connectivity index (χ3v) is 4.22. The molecule has 3 rings (SSSR count). The Kier molecular flexibility index (Phi) is 6.29. The average Bonchev–Trinajstić information content (AvgIpc) is 3.19. The number of esters is 1. The van der Waals surface area contributed by atoms with Gasteiger partial charge in [0.25, 0.3) is 0 Å². The predicted octanol–water partition coefficient (Wildman–Crippen LogP) is 3.71. The summed E-state index contributed by atoms with van der Waals surface area (Å²) in [6.45, 7) is 3.95. The second kappa shape index (κ2) is 9.05. The number of carbonyl (C=O) groups excluding carboxylic acids is 2. The number of rotatable bonds is 8. The fourth-order valence-corrected chi connectivity index (χ4v) is 2.75. The molecule has 1 heterocycles. The monoisotopic (exact) mass is 394 g/mol. The van der Waals surface area contributed by atoms with Gasteiger partial charge < -0.3 is 14.2 Å². The van der Waals surface area contributed by atoms with Crippen LogP contribution < -0.4 is 9.47 Å². The van der Waals surface area contributed by atoms with Crippen LogP contribution in [0.25, 0.3) is 5.69 Å². The number of ether oxygens (including phenoxy) is 3. The Morgan fingerprint density at radius 3 is 2.38 bits per heavy atom. The number of ketones is 1. The number of benzene rings is 2. The molecule has 0 saturated heterocycles. The topological polar surface area (TPSA) is 79.7 Å². The molecule has 0 bridgehead atoms. The van der Waals surface area contributed by atoms with E-state index in [0.29, 0.717) is 17.9 Å². The van der Waals surface area contributed by atoms with E-state index >= 15 is 0 Å². The van der Waals surface area contributed by atoms with Crippen LogP contribution in [0.2, 0.25) is 0 Å². The van der Waals surface area contributed by atoms with Gasteiger partial charge in [0.1, 0.15) is 5.75 Å². The van der Waals surface area contributed by atoms with Gasteiger partial charge in [0.2, 0.25) is 11.5 Å². The van der Waals surface area contributed by atoms with Gasteiger partial charge in [-0.25, -0.2) is 9.48 Å². The molecule has 1 atom stereocenters. The van der Waals surface area contributed by atoms with Gasteiger partial charge in [-0.05, 0) is 50.2 Å². The van der Waals surface area contributed by atoms with Crippen molar-refractivity contribution in [3.05, 3.63) is 72.1 Å². The molecule has 0 aliphatic rings. The van der Waals surface area contributed by atoms with E-state index in [2.05, 4.69) is 5.10 Å². The molecule has 1 aromatic heterocycles. The zero-order chi connectivity index (χ0) is 20.8. The van der Waals surface area contributed by atoms with Crippen LogP contribution in [0.5, 0.6) is 11.5 Å². The Hall–Kier alpha value is -3.61. The Labute approximate surface area is 168 Å². The van der Waals surface area contributed by atoms with Crippen LogP contribution in [0.1, 0.15) is 34.7 Å². The molecule has 0 radical (unpaired) electrons. The van der Waals surface area contributed by atoms with E-state index < -0.39 is 12.1 Å². The molecule has 0 aliphatic heterocycles. The third kappa shape index (κ3) is 4.63. The molecule has 0 spiro atoms. The first-order valence-corrected chi connectivity index (χ1v) is 9.20. The van der Waals surface area contributed by atoms with E-state index in [9.17, 15) is 9.59 Å². The van der Waals surface area contributed by atoms with Crippen LogP contribution in [-0.4, -0.2) is 41.4 Å². The number of nitrogens with zero attached hydrogens (tertiary/aromatic N) is 2. The van der Waals surface area contributed by atoms with Gasteiger partial charge in [-0.3, -0.25) is 4.79 Å². The predicted molar refractivity (Wildman–Crippen MR) is 107 cm³/mol. The van der Waals surface area contributed by atoms with Crippen LogP contribution in [0.3, 0.4) is 0 Å². The van der Waals surface area contributed by atoms with Crippen molar-refractivity contribution in [2.45, 2.75) is 20.0 Å². The van der Waals surface area contributed by atoms with Crippen molar-refractivity contribution in [1.29, 1.82) is 0 Å². The number of aromatic nitrogens is 2. The van der Waals surface area contributed by atoms with Gasteiger partial charge in [-0.2, -0.15) is 5.10 Å². The van der Waals surface area contributed by atoms with Crippen LogP contribution in [0.15, 0.2) is 60.8 Å². The summed E-state index contributed by atoms with van der Waals surface area (Å²) in [4.78, 5) is 25.2. The summed E-state index contributed by atoms with van der Waals surface area (Å²) in [5, 5.41) is 4.26. The Bertz CT molecular complexity index is 980. The lowest BCUT2D eigenvalue weighted by atomic mass is 10.1. The number of para-hydroxylation sites is 1. The molecule has 2 aromatic carbocycles. The van der Waals surface area contributed by atoms with E-state index in [4.69, 9.17) is 14.2 Å². The second-order valence-electron chi connectivity index (χ2n) is 6.20. The molecule has 7 nitrogen and oxygen atoms in total. The molecule has 0 saturated carbocycles. The molecular formula is C22H22N2O5. The molecule has 0 aliphatic carbocycles. The number of hydrogen-bond acceptors (Lipinski definition) is 6. The fourth-order valence-electron chi connectivity index (χ4n) is 2.75. The van der Waals surface area contributed by atoms with Gasteiger partial charge in [0, 0.05) is 5.56 Å². The maximum Gasteiger partial charge on any atom is 0.363 e. The minimum Gasteiger partial charge on any atom is -0.494 e. The van der Waals surface area contributed by atoms with E-state index in [0.717, 1.165) is 5.69 Å². The minimum atomic E-state index is -0.980. The largest absolute Gasteiger partial charge is 0.494 e. The Morgan fingerprint density at radius 1 is 1.07 bits per heavy atom. The van der Waals surface area contributed by atoms with Crippen molar-refractivity contribution in [2.24, 2.45) is 0 Å². The average molecular weight is 394 g/mol. The first kappa shape index (κ1) is 20.1. The van der Waals surface area contributed by atoms with Crippen LogP contribution in [0, 0.1) is 0 Å². The lowest BCUT2D eigenvalue weighted by Gasteiger charge is -2.12. The van der Waals surface area contributed by atoms with Crippen molar-refractivity contribution in [1.82, 2.24) is 9.78 Å². The standard InChI is InChI=1S/C22H22N2O5/c1-4-28-18-12-10-16(11-13-18)21(25)15(2)29-22(26)20-19(27-3)14-24(23-20)17-8-6-5-7-9-17/h5-15H,4H2,1-3H3/t15-/m0/s1. The smallest absolute Gasteiger partial charge is 0.363 e. The molecule has 7 heteroatoms. The lowest BCUT2D eigenvalue weighted by molar-refractivity contribution is 0.0309. The summed E-state index contributed by atoms with van der Waals surface area (Å²) in [6.07, 6.45) is 0.609. The highest BCUT2D eigenvalue weighted by atomic mass is 16.5. The van der Waals surface area contributed by atoms with Gasteiger partial charge in [0.15, 0.2) is 11.9 Å². The van der Waals surface area contributed by atoms with Gasteiger partial charge in [-0.1, -0.05) is 18.2 Å². The van der Waals surface area contributed by atoms with Crippen molar-refractivity contribution in [3.63, 3.8) is 0 Å². The third-order valence-electron chi connectivity index (χ3n) is 4.22. The van der Waals surface area contributed by atoms with Gasteiger partial charge in [-0.15, -0.1) is 0 Å².